The molecule has 1 saturated heterocycles. The van der Waals surface area contributed by atoms with Gasteiger partial charge >= 0.3 is 7.12 Å². The van der Waals surface area contributed by atoms with E-state index in [1.807, 2.05) is 46.7 Å². The first-order chi connectivity index (χ1) is 9.62. The van der Waals surface area contributed by atoms with Crippen molar-refractivity contribution in [3.8, 4) is 0 Å². The Balaban J connectivity index is 2.20. The molecule has 1 aromatic rings. The van der Waals surface area contributed by atoms with Crippen molar-refractivity contribution in [2.75, 3.05) is 5.73 Å². The summed E-state index contributed by atoms with van der Waals surface area (Å²) in [6.45, 7) is 10.0. The zero-order chi connectivity index (χ0) is 15.8. The molecule has 1 aromatic heterocycles. The van der Waals surface area contributed by atoms with Crippen molar-refractivity contribution in [2.24, 2.45) is 5.73 Å². The number of anilines is 1. The molecule has 1 aliphatic rings. The average molecular weight is 289 g/mol. The van der Waals surface area contributed by atoms with Crippen LogP contribution in [0, 0.1) is 0 Å². The van der Waals surface area contributed by atoms with E-state index in [1.54, 1.807) is 12.3 Å². The molecule has 4 N–H and O–H groups in total. The predicted octanol–water partition coefficient (Wildman–Crippen LogP) is 2.33. The van der Waals surface area contributed by atoms with Crippen LogP contribution in [0.4, 0.5) is 5.82 Å². The lowest BCUT2D eigenvalue weighted by atomic mass is 9.88. The van der Waals surface area contributed by atoms with E-state index in [0.29, 0.717) is 5.82 Å². The Labute approximate surface area is 126 Å². The molecule has 0 aliphatic carbocycles. The van der Waals surface area contributed by atoms with E-state index in [4.69, 9.17) is 20.8 Å². The number of nitrogens with two attached hydrogens (primary N) is 2. The van der Waals surface area contributed by atoms with Gasteiger partial charge in [0.05, 0.1) is 11.2 Å². The third-order valence-corrected chi connectivity index (χ3v) is 4.18. The van der Waals surface area contributed by atoms with Crippen molar-refractivity contribution < 1.29 is 9.31 Å². The first-order valence-electron chi connectivity index (χ1n) is 7.17. The van der Waals surface area contributed by atoms with Crippen molar-refractivity contribution in [1.82, 2.24) is 4.98 Å². The molecule has 1 atom stereocenters. The number of rotatable bonds is 3. The van der Waals surface area contributed by atoms with E-state index in [1.165, 1.54) is 0 Å². The first-order valence-corrected chi connectivity index (χ1v) is 7.17. The van der Waals surface area contributed by atoms with Crippen molar-refractivity contribution in [3.05, 3.63) is 29.4 Å². The molecular formula is C15H24BN3O2. The summed E-state index contributed by atoms with van der Waals surface area (Å²) >= 11 is 0. The maximum absolute atomic E-state index is 5.97. The molecular weight excluding hydrogens is 265 g/mol. The normalized spacial score (nSPS) is 21.9. The van der Waals surface area contributed by atoms with E-state index in [-0.39, 0.29) is 24.4 Å². The minimum absolute atomic E-state index is 0.117. The molecule has 6 heteroatoms. The smallest absolute Gasteiger partial charge is 0.400 e. The fourth-order valence-electron chi connectivity index (χ4n) is 2.18. The summed E-state index contributed by atoms with van der Waals surface area (Å²) in [6, 6.07) is 1.68. The zero-order valence-electron chi connectivity index (χ0n) is 13.4. The number of aromatic nitrogens is 1. The van der Waals surface area contributed by atoms with Crippen molar-refractivity contribution >= 4 is 19.0 Å². The molecule has 1 aliphatic heterocycles. The van der Waals surface area contributed by atoms with Crippen LogP contribution in [0.15, 0.2) is 18.2 Å². The van der Waals surface area contributed by atoms with Crippen LogP contribution >= 0.6 is 0 Å². The third kappa shape index (κ3) is 3.28. The number of nitrogen functional groups attached to an aromatic ring is 1. The van der Waals surface area contributed by atoms with Gasteiger partial charge in [-0.05, 0) is 51.8 Å². The highest BCUT2D eigenvalue weighted by Gasteiger charge is 2.50. The Morgan fingerprint density at radius 3 is 2.33 bits per heavy atom. The summed E-state index contributed by atoms with van der Waals surface area (Å²) in [5.74, 6) is 2.35. The van der Waals surface area contributed by atoms with Gasteiger partial charge in [-0.3, -0.25) is 0 Å². The maximum Gasteiger partial charge on any atom is 0.487 e. The molecule has 5 nitrogen and oxygen atoms in total. The Morgan fingerprint density at radius 1 is 1.24 bits per heavy atom. The van der Waals surface area contributed by atoms with Gasteiger partial charge in [0.25, 0.3) is 0 Å². The van der Waals surface area contributed by atoms with Crippen LogP contribution in [0.5, 0.6) is 0 Å². The molecule has 1 fully saturated rings. The van der Waals surface area contributed by atoms with Crippen LogP contribution in [-0.4, -0.2) is 23.3 Å². The molecule has 0 bridgehead atoms. The second kappa shape index (κ2) is 5.44. The van der Waals surface area contributed by atoms with Gasteiger partial charge in [-0.1, -0.05) is 12.1 Å². The second-order valence-electron chi connectivity index (χ2n) is 6.51. The lowest BCUT2D eigenvalue weighted by Crippen LogP contribution is -2.41. The lowest BCUT2D eigenvalue weighted by Gasteiger charge is -2.32. The van der Waals surface area contributed by atoms with Crippen LogP contribution in [0.1, 0.15) is 51.8 Å². The van der Waals surface area contributed by atoms with E-state index in [9.17, 15) is 0 Å². The van der Waals surface area contributed by atoms with Crippen LogP contribution in [0.25, 0.3) is 6.08 Å². The van der Waals surface area contributed by atoms with Gasteiger partial charge in [-0.15, -0.1) is 0 Å². The topological polar surface area (TPSA) is 83.4 Å². The summed E-state index contributed by atoms with van der Waals surface area (Å²) in [5, 5.41) is 0. The van der Waals surface area contributed by atoms with Crippen LogP contribution in [0.2, 0.25) is 0 Å². The maximum atomic E-state index is 5.97. The van der Waals surface area contributed by atoms with Crippen LogP contribution < -0.4 is 11.5 Å². The van der Waals surface area contributed by atoms with Gasteiger partial charge < -0.3 is 20.8 Å². The van der Waals surface area contributed by atoms with E-state index in [0.717, 1.165) is 11.1 Å². The average Bonchev–Trinajstić information content (AvgIpc) is 2.56. The highest BCUT2D eigenvalue weighted by Crippen LogP contribution is 2.37. The summed E-state index contributed by atoms with van der Waals surface area (Å²) in [5.41, 5.74) is 12.9. The predicted molar refractivity (Wildman–Crippen MR) is 86.4 cm³/mol. The number of hydrogen-bond acceptors (Lipinski definition) is 5. The Bertz CT molecular complexity index is 540. The summed E-state index contributed by atoms with van der Waals surface area (Å²) < 4.78 is 11.8. The second-order valence-corrected chi connectivity index (χ2v) is 6.51. The molecule has 2 rings (SSSR count). The summed E-state index contributed by atoms with van der Waals surface area (Å²) in [6.07, 6.45) is 3.64. The molecule has 21 heavy (non-hydrogen) atoms. The van der Waals surface area contributed by atoms with Crippen molar-refractivity contribution in [2.45, 2.75) is 51.9 Å². The van der Waals surface area contributed by atoms with Crippen LogP contribution in [0.3, 0.4) is 0 Å². The zero-order valence-corrected chi connectivity index (χ0v) is 13.4. The molecule has 0 amide bonds. The van der Waals surface area contributed by atoms with E-state index < -0.39 is 0 Å². The highest BCUT2D eigenvalue weighted by molar-refractivity contribution is 6.52. The highest BCUT2D eigenvalue weighted by atomic mass is 16.7. The molecule has 2 heterocycles. The van der Waals surface area contributed by atoms with Crippen LogP contribution in [-0.2, 0) is 9.31 Å². The molecule has 0 saturated carbocycles. The van der Waals surface area contributed by atoms with E-state index >= 15 is 0 Å². The third-order valence-electron chi connectivity index (χ3n) is 4.18. The number of pyridine rings is 1. The van der Waals surface area contributed by atoms with Crippen molar-refractivity contribution in [1.29, 1.82) is 0 Å². The quantitative estimate of drug-likeness (QED) is 0.834. The van der Waals surface area contributed by atoms with Gasteiger partial charge in [0.2, 0.25) is 0 Å². The van der Waals surface area contributed by atoms with Crippen molar-refractivity contribution in [3.63, 3.8) is 0 Å². The lowest BCUT2D eigenvalue weighted by molar-refractivity contribution is 0.00578. The van der Waals surface area contributed by atoms with Gasteiger partial charge in [0.1, 0.15) is 5.82 Å². The molecule has 0 spiro atoms. The van der Waals surface area contributed by atoms with Gasteiger partial charge in [-0.2, -0.15) is 0 Å². The summed E-state index contributed by atoms with van der Waals surface area (Å²) in [4.78, 5) is 4.11. The minimum Gasteiger partial charge on any atom is -0.400 e. The Morgan fingerprint density at radius 2 is 1.81 bits per heavy atom. The van der Waals surface area contributed by atoms with Gasteiger partial charge in [0.15, 0.2) is 0 Å². The largest absolute Gasteiger partial charge is 0.487 e. The molecule has 1 unspecified atom stereocenters. The first kappa shape index (κ1) is 16.0. The summed E-state index contributed by atoms with van der Waals surface area (Å²) in [7, 11) is -0.381. The van der Waals surface area contributed by atoms with Gasteiger partial charge in [0, 0.05) is 12.2 Å². The van der Waals surface area contributed by atoms with E-state index in [2.05, 4.69) is 4.98 Å². The Hall–Kier alpha value is -1.37. The number of nitrogens with zero attached hydrogens (tertiary/aromatic N) is 1. The number of hydrogen-bond donors (Lipinski definition) is 2. The minimum atomic E-state index is -0.381. The fraction of sp³-hybridized carbons (Fsp3) is 0.533. The monoisotopic (exact) mass is 289 g/mol. The molecule has 0 radical (unpaired) electrons. The molecule has 0 aromatic carbocycles. The van der Waals surface area contributed by atoms with Gasteiger partial charge in [-0.25, -0.2) is 4.98 Å². The SMILES string of the molecule is CC(N)c1cc(N)ncc1/C=C/B1OC(C)(C)C(C)(C)O1. The standard InChI is InChI=1S/C15H24BN3O2/c1-10(17)12-8-13(18)19-9-11(12)6-7-16-20-14(2,3)15(4,5)21-16/h6-10H,17H2,1-5H3,(H2,18,19)/b7-6+. The molecule has 114 valence electrons. The fourth-order valence-corrected chi connectivity index (χ4v) is 2.18. The Kier molecular flexibility index (Phi) is 4.15.